The zero-order valence-electron chi connectivity index (χ0n) is 14.7. The van der Waals surface area contributed by atoms with Gasteiger partial charge in [-0.25, -0.2) is 0 Å². The van der Waals surface area contributed by atoms with Gasteiger partial charge < -0.3 is 19.7 Å². The van der Waals surface area contributed by atoms with Crippen LogP contribution in [0.3, 0.4) is 0 Å². The number of hydrogen-bond acceptors (Lipinski definition) is 4. The van der Waals surface area contributed by atoms with Gasteiger partial charge in [-0.2, -0.15) is 0 Å². The van der Waals surface area contributed by atoms with E-state index in [0.29, 0.717) is 11.5 Å². The lowest BCUT2D eigenvalue weighted by molar-refractivity contribution is -0.000873. The molecule has 2 N–H and O–H groups in total. The molecule has 0 bridgehead atoms. The van der Waals surface area contributed by atoms with Crippen LogP contribution >= 0.6 is 0 Å². The van der Waals surface area contributed by atoms with Crippen LogP contribution in [0.25, 0.3) is 0 Å². The van der Waals surface area contributed by atoms with Gasteiger partial charge in [-0.05, 0) is 55.7 Å². The van der Waals surface area contributed by atoms with E-state index in [-0.39, 0.29) is 5.41 Å². The van der Waals surface area contributed by atoms with Crippen molar-refractivity contribution in [2.24, 2.45) is 0 Å². The van der Waals surface area contributed by atoms with E-state index >= 15 is 0 Å². The van der Waals surface area contributed by atoms with Gasteiger partial charge in [0.15, 0.2) is 12.6 Å². The van der Waals surface area contributed by atoms with Crippen molar-refractivity contribution in [3.63, 3.8) is 0 Å². The van der Waals surface area contributed by atoms with Crippen molar-refractivity contribution in [3.05, 3.63) is 59.7 Å². The van der Waals surface area contributed by atoms with Crippen LogP contribution < -0.4 is 9.47 Å². The maximum atomic E-state index is 9.30. The minimum absolute atomic E-state index is 0.146. The van der Waals surface area contributed by atoms with Crippen molar-refractivity contribution < 1.29 is 19.7 Å². The molecule has 0 aliphatic heterocycles. The van der Waals surface area contributed by atoms with E-state index in [1.54, 1.807) is 13.8 Å². The Morgan fingerprint density at radius 1 is 0.792 bits per heavy atom. The second kappa shape index (κ2) is 7.69. The first-order valence-corrected chi connectivity index (χ1v) is 8.25. The first kappa shape index (κ1) is 18.3. The Morgan fingerprint density at radius 3 is 1.38 bits per heavy atom. The molecule has 0 heterocycles. The molecule has 2 aromatic rings. The second-order valence-electron chi connectivity index (χ2n) is 6.17. The summed E-state index contributed by atoms with van der Waals surface area (Å²) in [5, 5.41) is 18.6. The van der Waals surface area contributed by atoms with Crippen molar-refractivity contribution in [3.8, 4) is 11.5 Å². The van der Waals surface area contributed by atoms with Crippen LogP contribution in [0.2, 0.25) is 0 Å². The van der Waals surface area contributed by atoms with Gasteiger partial charge in [-0.3, -0.25) is 0 Å². The van der Waals surface area contributed by atoms with E-state index in [0.717, 1.165) is 6.42 Å². The Labute approximate surface area is 143 Å². The molecule has 24 heavy (non-hydrogen) atoms. The predicted octanol–water partition coefficient (Wildman–Crippen LogP) is 3.84. The van der Waals surface area contributed by atoms with Gasteiger partial charge in [0.05, 0.1) is 0 Å². The standard InChI is InChI=1S/C20H26O4/c1-5-20(4,16-6-10-18(11-7-16)23-14(2)21)17-8-12-19(13-9-17)24-15(3)22/h6-15,21-22H,5H2,1-4H3. The van der Waals surface area contributed by atoms with Crippen molar-refractivity contribution >= 4 is 0 Å². The lowest BCUT2D eigenvalue weighted by Crippen LogP contribution is -2.22. The van der Waals surface area contributed by atoms with Crippen molar-refractivity contribution in [1.82, 2.24) is 0 Å². The maximum Gasteiger partial charge on any atom is 0.194 e. The van der Waals surface area contributed by atoms with Crippen LogP contribution in [0.5, 0.6) is 11.5 Å². The number of hydrogen-bond donors (Lipinski definition) is 2. The first-order chi connectivity index (χ1) is 11.3. The Balaban J connectivity index is 2.26. The normalized spacial score (nSPS) is 16.1. The summed E-state index contributed by atoms with van der Waals surface area (Å²) in [5.74, 6) is 1.29. The number of aliphatic hydroxyl groups is 2. The van der Waals surface area contributed by atoms with Crippen molar-refractivity contribution in [1.29, 1.82) is 0 Å². The molecule has 0 fully saturated rings. The summed E-state index contributed by atoms with van der Waals surface area (Å²) in [4.78, 5) is 0. The Morgan fingerprint density at radius 2 is 1.12 bits per heavy atom. The number of rotatable bonds is 7. The Hall–Kier alpha value is -2.04. The molecule has 0 aromatic heterocycles. The fraction of sp³-hybridized carbons (Fsp3) is 0.400. The first-order valence-electron chi connectivity index (χ1n) is 8.25. The molecule has 2 unspecified atom stereocenters. The largest absolute Gasteiger partial charge is 0.465 e. The van der Waals surface area contributed by atoms with Crippen molar-refractivity contribution in [2.45, 2.75) is 52.1 Å². The lowest BCUT2D eigenvalue weighted by Gasteiger charge is -2.30. The van der Waals surface area contributed by atoms with Gasteiger partial charge in [0.1, 0.15) is 11.5 Å². The summed E-state index contributed by atoms with van der Waals surface area (Å²) in [7, 11) is 0. The Bertz CT molecular complexity index is 576. The molecule has 2 rings (SSSR count). The second-order valence-corrected chi connectivity index (χ2v) is 6.17. The Kier molecular flexibility index (Phi) is 5.86. The average molecular weight is 330 g/mol. The molecule has 4 heteroatoms. The highest BCUT2D eigenvalue weighted by atomic mass is 16.6. The molecule has 0 radical (unpaired) electrons. The lowest BCUT2D eigenvalue weighted by atomic mass is 9.74. The molecule has 4 nitrogen and oxygen atoms in total. The van der Waals surface area contributed by atoms with Gasteiger partial charge in [0, 0.05) is 5.41 Å². The third-order valence-corrected chi connectivity index (χ3v) is 4.30. The summed E-state index contributed by atoms with van der Waals surface area (Å²) >= 11 is 0. The number of benzene rings is 2. The van der Waals surface area contributed by atoms with Crippen LogP contribution in [-0.4, -0.2) is 22.8 Å². The van der Waals surface area contributed by atoms with Gasteiger partial charge in [-0.15, -0.1) is 0 Å². The van der Waals surface area contributed by atoms with Crippen LogP contribution in [0, 0.1) is 0 Å². The fourth-order valence-corrected chi connectivity index (χ4v) is 2.77. The van der Waals surface area contributed by atoms with E-state index in [2.05, 4.69) is 13.8 Å². The van der Waals surface area contributed by atoms with E-state index < -0.39 is 12.6 Å². The van der Waals surface area contributed by atoms with E-state index in [9.17, 15) is 10.2 Å². The summed E-state index contributed by atoms with van der Waals surface area (Å²) in [5.41, 5.74) is 2.20. The molecule has 0 amide bonds. The van der Waals surface area contributed by atoms with Crippen LogP contribution in [0.15, 0.2) is 48.5 Å². The molecule has 0 saturated heterocycles. The third-order valence-electron chi connectivity index (χ3n) is 4.30. The van der Waals surface area contributed by atoms with E-state index in [1.807, 2.05) is 48.5 Å². The molecule has 0 aliphatic rings. The van der Waals surface area contributed by atoms with E-state index in [4.69, 9.17) is 9.47 Å². The number of ether oxygens (including phenoxy) is 2. The highest BCUT2D eigenvalue weighted by Crippen LogP contribution is 2.36. The molecule has 130 valence electrons. The van der Waals surface area contributed by atoms with Crippen LogP contribution in [0.1, 0.15) is 45.2 Å². The highest BCUT2D eigenvalue weighted by molar-refractivity contribution is 5.42. The number of aliphatic hydroxyl groups excluding tert-OH is 2. The van der Waals surface area contributed by atoms with Gasteiger partial charge in [-0.1, -0.05) is 38.1 Å². The summed E-state index contributed by atoms with van der Waals surface area (Å²) in [6.07, 6.45) is -0.718. The van der Waals surface area contributed by atoms with Crippen LogP contribution in [0.4, 0.5) is 0 Å². The zero-order chi connectivity index (χ0) is 17.7. The predicted molar refractivity (Wildman–Crippen MR) is 94.2 cm³/mol. The highest BCUT2D eigenvalue weighted by Gasteiger charge is 2.27. The summed E-state index contributed by atoms with van der Waals surface area (Å²) in [6, 6.07) is 15.6. The minimum Gasteiger partial charge on any atom is -0.465 e. The minimum atomic E-state index is -0.824. The zero-order valence-corrected chi connectivity index (χ0v) is 14.7. The monoisotopic (exact) mass is 330 g/mol. The summed E-state index contributed by atoms with van der Waals surface area (Å²) < 4.78 is 10.6. The fourth-order valence-electron chi connectivity index (χ4n) is 2.77. The average Bonchev–Trinajstić information content (AvgIpc) is 2.54. The molecule has 2 aromatic carbocycles. The van der Waals surface area contributed by atoms with Gasteiger partial charge in [0.2, 0.25) is 0 Å². The molecular weight excluding hydrogens is 304 g/mol. The maximum absolute atomic E-state index is 9.30. The molecule has 0 spiro atoms. The SMILES string of the molecule is CCC(C)(c1ccc(OC(C)O)cc1)c1ccc(OC(C)O)cc1. The topological polar surface area (TPSA) is 58.9 Å². The van der Waals surface area contributed by atoms with Gasteiger partial charge in [0.25, 0.3) is 0 Å². The van der Waals surface area contributed by atoms with Crippen molar-refractivity contribution in [2.75, 3.05) is 0 Å². The smallest absolute Gasteiger partial charge is 0.194 e. The van der Waals surface area contributed by atoms with Gasteiger partial charge >= 0.3 is 0 Å². The molecule has 2 atom stereocenters. The molecule has 0 aliphatic carbocycles. The van der Waals surface area contributed by atoms with E-state index in [1.165, 1.54) is 11.1 Å². The quantitative estimate of drug-likeness (QED) is 0.757. The van der Waals surface area contributed by atoms with Crippen LogP contribution in [-0.2, 0) is 5.41 Å². The summed E-state index contributed by atoms with van der Waals surface area (Å²) in [6.45, 7) is 7.52. The molecule has 0 saturated carbocycles. The third kappa shape index (κ3) is 4.28. The molecular formula is C20H26O4.